The van der Waals surface area contributed by atoms with Crippen molar-refractivity contribution in [2.45, 2.75) is 13.3 Å². The second-order valence-corrected chi connectivity index (χ2v) is 2.69. The van der Waals surface area contributed by atoms with Crippen LogP contribution in [0.25, 0.3) is 0 Å². The molecule has 2 nitrogen and oxygen atoms in total. The maximum absolute atomic E-state index is 9.92. The molecule has 1 N–H and O–H groups in total. The Balaban J connectivity index is 3.56. The third-order valence-corrected chi connectivity index (χ3v) is 1.64. The smallest absolute Gasteiger partial charge is 0.308 e. The number of allylic oxidation sites excluding steroid dienone is 1. The van der Waals surface area contributed by atoms with E-state index in [1.165, 1.54) is 0 Å². The molecule has 0 aliphatic rings. The van der Waals surface area contributed by atoms with Gasteiger partial charge in [-0.1, -0.05) is 6.08 Å². The molecular weight excluding hydrogens is 219 g/mol. The largest absolute Gasteiger partial charge is 0.481 e. The maximum Gasteiger partial charge on any atom is 0.308 e. The summed E-state index contributed by atoms with van der Waals surface area (Å²) in [5.41, 5.74) is 0. The van der Waals surface area contributed by atoms with Crippen LogP contribution >= 0.6 is 22.6 Å². The van der Waals surface area contributed by atoms with E-state index >= 15 is 0 Å². The van der Waals surface area contributed by atoms with Crippen LogP contribution in [-0.2, 0) is 4.79 Å². The summed E-state index contributed by atoms with van der Waals surface area (Å²) in [4.78, 5) is 9.92. The fourth-order valence-electron chi connectivity index (χ4n) is 0.247. The van der Waals surface area contributed by atoms with E-state index in [9.17, 15) is 4.79 Å². The molecule has 0 aromatic rings. The molecule has 0 aromatic carbocycles. The van der Waals surface area contributed by atoms with Crippen LogP contribution in [0.5, 0.6) is 0 Å². The van der Waals surface area contributed by atoms with Gasteiger partial charge in [0.05, 0.1) is 6.42 Å². The molecule has 3 heteroatoms. The number of carboxylic acid groups (broad SMARTS) is 1. The first-order chi connectivity index (χ1) is 3.66. The molecule has 0 radical (unpaired) electrons. The number of aliphatic carboxylic acids is 1. The molecule has 0 saturated carbocycles. The number of rotatable bonds is 2. The molecule has 0 amide bonds. The van der Waals surface area contributed by atoms with Crippen molar-refractivity contribution in [3.05, 3.63) is 9.66 Å². The van der Waals surface area contributed by atoms with Gasteiger partial charge in [0.25, 0.3) is 0 Å². The topological polar surface area (TPSA) is 37.3 Å². The van der Waals surface area contributed by atoms with Crippen LogP contribution < -0.4 is 0 Å². The molecule has 46 valence electrons. The van der Waals surface area contributed by atoms with E-state index in [1.807, 2.05) is 29.5 Å². The highest BCUT2D eigenvalue weighted by molar-refractivity contribution is 14.1. The molecule has 0 bridgehead atoms. The molecule has 0 saturated heterocycles. The highest BCUT2D eigenvalue weighted by Crippen LogP contribution is 2.09. The lowest BCUT2D eigenvalue weighted by molar-refractivity contribution is -0.136. The van der Waals surface area contributed by atoms with Crippen LogP contribution in [0.1, 0.15) is 13.3 Å². The van der Waals surface area contributed by atoms with Crippen molar-refractivity contribution in [3.63, 3.8) is 0 Å². The van der Waals surface area contributed by atoms with Gasteiger partial charge in [-0.2, -0.15) is 0 Å². The van der Waals surface area contributed by atoms with Gasteiger partial charge >= 0.3 is 5.97 Å². The van der Waals surface area contributed by atoms with Gasteiger partial charge in [-0.05, 0) is 33.1 Å². The Morgan fingerprint density at radius 3 is 2.50 bits per heavy atom. The van der Waals surface area contributed by atoms with E-state index in [1.54, 1.807) is 6.08 Å². The Labute approximate surface area is 61.7 Å². The van der Waals surface area contributed by atoms with Gasteiger partial charge in [0.2, 0.25) is 0 Å². The minimum absolute atomic E-state index is 0.150. The summed E-state index contributed by atoms with van der Waals surface area (Å²) in [5.74, 6) is -0.771. The molecule has 0 unspecified atom stereocenters. The zero-order valence-electron chi connectivity index (χ0n) is 4.52. The fourth-order valence-corrected chi connectivity index (χ4v) is 0.573. The number of carbonyl (C=O) groups is 1. The molecule has 0 rings (SSSR count). The second kappa shape index (κ2) is 3.88. The van der Waals surface area contributed by atoms with Crippen molar-refractivity contribution < 1.29 is 9.90 Å². The molecule has 0 aliphatic heterocycles. The summed E-state index contributed by atoms with van der Waals surface area (Å²) in [6.45, 7) is 1.82. The van der Waals surface area contributed by atoms with E-state index in [4.69, 9.17) is 5.11 Å². The molecule has 0 aliphatic carbocycles. The number of hydrogen-bond donors (Lipinski definition) is 1. The first-order valence-corrected chi connectivity index (χ1v) is 3.27. The van der Waals surface area contributed by atoms with Gasteiger partial charge in [-0.25, -0.2) is 0 Å². The Morgan fingerprint density at radius 1 is 1.88 bits per heavy atom. The molecule has 8 heavy (non-hydrogen) atoms. The normalized spacial score (nSPS) is 11.5. The minimum atomic E-state index is -0.771. The highest BCUT2D eigenvalue weighted by atomic mass is 127. The van der Waals surface area contributed by atoms with E-state index < -0.39 is 5.97 Å². The molecule has 0 atom stereocenters. The average molecular weight is 226 g/mol. The zero-order valence-corrected chi connectivity index (χ0v) is 6.68. The predicted molar refractivity (Wildman–Crippen MR) is 40.0 cm³/mol. The predicted octanol–water partition coefficient (Wildman–Crippen LogP) is 1.80. The molecule has 0 fully saturated rings. The summed E-state index contributed by atoms with van der Waals surface area (Å²) < 4.78 is 0.870. The first kappa shape index (κ1) is 7.94. The first-order valence-electron chi connectivity index (χ1n) is 2.19. The molecule has 0 heterocycles. The molecule has 0 aromatic heterocycles. The standard InChI is InChI=1S/C5H7IO2/c1-2-4(6)3-5(7)8/h2H,3H2,1H3,(H,7,8)/b4-2-. The van der Waals surface area contributed by atoms with Crippen molar-refractivity contribution in [2.75, 3.05) is 0 Å². The van der Waals surface area contributed by atoms with Gasteiger partial charge in [0.15, 0.2) is 0 Å². The van der Waals surface area contributed by atoms with Gasteiger partial charge in [0.1, 0.15) is 0 Å². The van der Waals surface area contributed by atoms with Crippen molar-refractivity contribution in [1.82, 2.24) is 0 Å². The van der Waals surface area contributed by atoms with Crippen LogP contribution in [0.4, 0.5) is 0 Å². The van der Waals surface area contributed by atoms with Gasteiger partial charge in [-0.15, -0.1) is 0 Å². The van der Waals surface area contributed by atoms with Crippen LogP contribution in [0.15, 0.2) is 9.66 Å². The SMILES string of the molecule is C/C=C(\I)CC(=O)O. The fraction of sp³-hybridized carbons (Fsp3) is 0.400. The lowest BCUT2D eigenvalue weighted by Crippen LogP contribution is -1.92. The quantitative estimate of drug-likeness (QED) is 0.729. The minimum Gasteiger partial charge on any atom is -0.481 e. The Morgan fingerprint density at radius 2 is 2.38 bits per heavy atom. The number of hydrogen-bond acceptors (Lipinski definition) is 1. The van der Waals surface area contributed by atoms with Crippen molar-refractivity contribution >= 4 is 28.6 Å². The van der Waals surface area contributed by atoms with Gasteiger partial charge in [-0.3, -0.25) is 4.79 Å². The lowest BCUT2D eigenvalue weighted by Gasteiger charge is -1.87. The Hall–Kier alpha value is -0.0600. The van der Waals surface area contributed by atoms with Crippen LogP contribution in [-0.4, -0.2) is 11.1 Å². The van der Waals surface area contributed by atoms with E-state index in [0.717, 1.165) is 3.58 Å². The maximum atomic E-state index is 9.92. The van der Waals surface area contributed by atoms with Crippen molar-refractivity contribution in [3.8, 4) is 0 Å². The Bertz CT molecular complexity index is 118. The highest BCUT2D eigenvalue weighted by Gasteiger charge is 1.96. The van der Waals surface area contributed by atoms with E-state index in [-0.39, 0.29) is 6.42 Å². The van der Waals surface area contributed by atoms with E-state index in [0.29, 0.717) is 0 Å². The van der Waals surface area contributed by atoms with E-state index in [2.05, 4.69) is 0 Å². The summed E-state index contributed by atoms with van der Waals surface area (Å²) >= 11 is 2.00. The van der Waals surface area contributed by atoms with Crippen LogP contribution in [0.2, 0.25) is 0 Å². The summed E-state index contributed by atoms with van der Waals surface area (Å²) in [6.07, 6.45) is 1.94. The van der Waals surface area contributed by atoms with Crippen LogP contribution in [0, 0.1) is 0 Å². The third kappa shape index (κ3) is 4.11. The lowest BCUT2D eigenvalue weighted by atomic mass is 10.4. The van der Waals surface area contributed by atoms with Crippen molar-refractivity contribution in [1.29, 1.82) is 0 Å². The average Bonchev–Trinajstić information content (AvgIpc) is 1.65. The second-order valence-electron chi connectivity index (χ2n) is 1.31. The zero-order chi connectivity index (χ0) is 6.57. The number of carboxylic acids is 1. The monoisotopic (exact) mass is 226 g/mol. The van der Waals surface area contributed by atoms with Crippen molar-refractivity contribution in [2.24, 2.45) is 0 Å². The summed E-state index contributed by atoms with van der Waals surface area (Å²) in [6, 6.07) is 0. The summed E-state index contributed by atoms with van der Waals surface area (Å²) in [5, 5.41) is 8.17. The Kier molecular flexibility index (Phi) is 3.85. The molecule has 0 spiro atoms. The summed E-state index contributed by atoms with van der Waals surface area (Å²) in [7, 11) is 0. The number of halogens is 1. The van der Waals surface area contributed by atoms with Gasteiger partial charge in [0, 0.05) is 0 Å². The van der Waals surface area contributed by atoms with Crippen LogP contribution in [0.3, 0.4) is 0 Å². The third-order valence-electron chi connectivity index (χ3n) is 0.633. The molecular formula is C5H7IO2. The van der Waals surface area contributed by atoms with Gasteiger partial charge < -0.3 is 5.11 Å².